The summed E-state index contributed by atoms with van der Waals surface area (Å²) < 4.78 is 39.3. The predicted octanol–water partition coefficient (Wildman–Crippen LogP) is 2.48. The maximum absolute atomic E-state index is 12.7. The van der Waals surface area contributed by atoms with Gasteiger partial charge in [0.15, 0.2) is 0 Å². The van der Waals surface area contributed by atoms with E-state index >= 15 is 0 Å². The average Bonchev–Trinajstić information content (AvgIpc) is 3.38. The van der Waals surface area contributed by atoms with Gasteiger partial charge in [-0.3, -0.25) is 9.59 Å². The van der Waals surface area contributed by atoms with Gasteiger partial charge in [-0.15, -0.1) is 0 Å². The first-order chi connectivity index (χ1) is 11.3. The normalized spacial score (nSPS) is 20.9. The van der Waals surface area contributed by atoms with E-state index in [1.54, 1.807) is 13.0 Å². The molecule has 2 aliphatic rings. The Morgan fingerprint density at radius 2 is 1.83 bits per heavy atom. The molecule has 0 N–H and O–H groups in total. The van der Waals surface area contributed by atoms with Crippen LogP contribution in [0.25, 0.3) is 0 Å². The second-order valence-electron chi connectivity index (χ2n) is 6.63. The van der Waals surface area contributed by atoms with Crippen LogP contribution < -0.4 is 5.56 Å². The van der Waals surface area contributed by atoms with Crippen molar-refractivity contribution in [2.75, 3.05) is 13.1 Å². The first kappa shape index (κ1) is 17.0. The number of carbonyl (C=O) groups excluding carboxylic acids is 1. The van der Waals surface area contributed by atoms with Gasteiger partial charge in [0.2, 0.25) is 5.91 Å². The molecule has 1 aromatic heterocycles. The van der Waals surface area contributed by atoms with Crippen molar-refractivity contribution in [1.29, 1.82) is 0 Å². The Morgan fingerprint density at radius 3 is 2.38 bits per heavy atom. The molecule has 2 heterocycles. The Morgan fingerprint density at radius 1 is 1.21 bits per heavy atom. The van der Waals surface area contributed by atoms with Gasteiger partial charge in [0, 0.05) is 25.1 Å². The minimum absolute atomic E-state index is 0.0599. The molecule has 1 unspecified atom stereocenters. The Labute approximate surface area is 137 Å². The molecular weight excluding hydrogens is 323 g/mol. The SMILES string of the molecule is CC(C(=O)N1CCC(C(F)(F)F)CC1)n1nc(C2CC2)ccc1=O. The number of alkyl halides is 3. The van der Waals surface area contributed by atoms with E-state index in [0.29, 0.717) is 5.92 Å². The van der Waals surface area contributed by atoms with E-state index in [0.717, 1.165) is 23.2 Å². The van der Waals surface area contributed by atoms with Crippen molar-refractivity contribution < 1.29 is 18.0 Å². The standard InChI is InChI=1S/C16H20F3N3O2/c1-10(22-14(23)5-4-13(20-22)11-2-3-11)15(24)21-8-6-12(7-9-21)16(17,18)19/h4-5,10-12H,2-3,6-9H2,1H3. The highest BCUT2D eigenvalue weighted by molar-refractivity contribution is 5.80. The van der Waals surface area contributed by atoms with Gasteiger partial charge in [0.1, 0.15) is 6.04 Å². The van der Waals surface area contributed by atoms with Crippen molar-refractivity contribution in [3.05, 3.63) is 28.2 Å². The van der Waals surface area contributed by atoms with Gasteiger partial charge in [0.25, 0.3) is 5.56 Å². The minimum atomic E-state index is -4.21. The molecule has 0 bridgehead atoms. The fourth-order valence-corrected chi connectivity index (χ4v) is 3.11. The minimum Gasteiger partial charge on any atom is -0.341 e. The molecule has 1 aliphatic carbocycles. The Kier molecular flexibility index (Phi) is 4.40. The van der Waals surface area contributed by atoms with Crippen molar-refractivity contribution in [1.82, 2.24) is 14.7 Å². The molecule has 1 atom stereocenters. The van der Waals surface area contributed by atoms with E-state index < -0.39 is 18.1 Å². The molecular formula is C16H20F3N3O2. The first-order valence-corrected chi connectivity index (χ1v) is 8.22. The lowest BCUT2D eigenvalue weighted by atomic mass is 9.96. The zero-order chi connectivity index (χ0) is 17.5. The molecule has 1 aliphatic heterocycles. The number of amides is 1. The summed E-state index contributed by atoms with van der Waals surface area (Å²) in [5.74, 6) is -1.35. The second kappa shape index (κ2) is 6.22. The van der Waals surface area contributed by atoms with Crippen LogP contribution in [-0.4, -0.2) is 39.9 Å². The summed E-state index contributed by atoms with van der Waals surface area (Å²) in [5.41, 5.74) is 0.426. The van der Waals surface area contributed by atoms with Gasteiger partial charge in [-0.1, -0.05) is 0 Å². The molecule has 1 aromatic rings. The van der Waals surface area contributed by atoms with Crippen molar-refractivity contribution in [3.8, 4) is 0 Å². The lowest BCUT2D eigenvalue weighted by Gasteiger charge is -2.34. The summed E-state index contributed by atoms with van der Waals surface area (Å²) in [6, 6.07) is 2.28. The number of aromatic nitrogens is 2. The van der Waals surface area contributed by atoms with E-state index in [1.807, 2.05) is 0 Å². The number of hydrogen-bond donors (Lipinski definition) is 0. The van der Waals surface area contributed by atoms with E-state index in [2.05, 4.69) is 5.10 Å². The molecule has 0 spiro atoms. The Hall–Kier alpha value is -1.86. The highest BCUT2D eigenvalue weighted by Gasteiger charge is 2.42. The Balaban J connectivity index is 1.69. The summed E-state index contributed by atoms with van der Waals surface area (Å²) in [5, 5.41) is 4.28. The van der Waals surface area contributed by atoms with Crippen LogP contribution in [0.15, 0.2) is 16.9 Å². The average molecular weight is 343 g/mol. The number of halogens is 3. The number of piperidine rings is 1. The Bertz CT molecular complexity index is 674. The van der Waals surface area contributed by atoms with Gasteiger partial charge < -0.3 is 4.90 Å². The van der Waals surface area contributed by atoms with Crippen molar-refractivity contribution in [3.63, 3.8) is 0 Å². The fraction of sp³-hybridized carbons (Fsp3) is 0.688. The van der Waals surface area contributed by atoms with E-state index in [-0.39, 0.29) is 37.4 Å². The summed E-state index contributed by atoms with van der Waals surface area (Å²) in [6.07, 6.45) is -2.34. The highest BCUT2D eigenvalue weighted by atomic mass is 19.4. The number of rotatable bonds is 3. The predicted molar refractivity (Wildman–Crippen MR) is 80.5 cm³/mol. The lowest BCUT2D eigenvalue weighted by Crippen LogP contribution is -2.46. The summed E-state index contributed by atoms with van der Waals surface area (Å²) in [7, 11) is 0. The van der Waals surface area contributed by atoms with Crippen LogP contribution in [0.2, 0.25) is 0 Å². The maximum Gasteiger partial charge on any atom is 0.391 e. The van der Waals surface area contributed by atoms with Gasteiger partial charge in [-0.2, -0.15) is 18.3 Å². The van der Waals surface area contributed by atoms with Gasteiger partial charge in [-0.25, -0.2) is 4.68 Å². The van der Waals surface area contributed by atoms with E-state index in [4.69, 9.17) is 0 Å². The quantitative estimate of drug-likeness (QED) is 0.847. The third-order valence-corrected chi connectivity index (χ3v) is 4.84. The number of nitrogens with zero attached hydrogens (tertiary/aromatic N) is 3. The van der Waals surface area contributed by atoms with Gasteiger partial charge >= 0.3 is 6.18 Å². The van der Waals surface area contributed by atoms with Crippen LogP contribution in [0.1, 0.15) is 50.3 Å². The highest BCUT2D eigenvalue weighted by Crippen LogP contribution is 2.38. The number of carbonyl (C=O) groups is 1. The molecule has 24 heavy (non-hydrogen) atoms. The fourth-order valence-electron chi connectivity index (χ4n) is 3.11. The van der Waals surface area contributed by atoms with E-state index in [9.17, 15) is 22.8 Å². The monoisotopic (exact) mass is 343 g/mol. The molecule has 1 saturated heterocycles. The zero-order valence-electron chi connectivity index (χ0n) is 13.4. The number of hydrogen-bond acceptors (Lipinski definition) is 3. The maximum atomic E-state index is 12.7. The molecule has 132 valence electrons. The molecule has 3 rings (SSSR count). The molecule has 1 amide bonds. The van der Waals surface area contributed by atoms with Crippen LogP contribution in [0, 0.1) is 5.92 Å². The summed E-state index contributed by atoms with van der Waals surface area (Å²) >= 11 is 0. The third-order valence-electron chi connectivity index (χ3n) is 4.84. The van der Waals surface area contributed by atoms with Crippen molar-refractivity contribution in [2.45, 2.75) is 50.7 Å². The summed E-state index contributed by atoms with van der Waals surface area (Å²) in [6.45, 7) is 1.69. The van der Waals surface area contributed by atoms with Crippen LogP contribution in [-0.2, 0) is 4.79 Å². The molecule has 1 saturated carbocycles. The van der Waals surface area contributed by atoms with Crippen molar-refractivity contribution in [2.24, 2.45) is 5.92 Å². The topological polar surface area (TPSA) is 55.2 Å². The van der Waals surface area contributed by atoms with Gasteiger partial charge in [0.05, 0.1) is 11.6 Å². The van der Waals surface area contributed by atoms with Crippen LogP contribution >= 0.6 is 0 Å². The summed E-state index contributed by atoms with van der Waals surface area (Å²) in [4.78, 5) is 26.0. The van der Waals surface area contributed by atoms with E-state index in [1.165, 1.54) is 11.0 Å². The molecule has 0 aromatic carbocycles. The molecule has 2 fully saturated rings. The van der Waals surface area contributed by atoms with Crippen LogP contribution in [0.5, 0.6) is 0 Å². The molecule has 0 radical (unpaired) electrons. The second-order valence-corrected chi connectivity index (χ2v) is 6.63. The smallest absolute Gasteiger partial charge is 0.341 e. The molecule has 8 heteroatoms. The van der Waals surface area contributed by atoms with Crippen LogP contribution in [0.3, 0.4) is 0 Å². The van der Waals surface area contributed by atoms with Crippen molar-refractivity contribution >= 4 is 5.91 Å². The van der Waals surface area contributed by atoms with Crippen LogP contribution in [0.4, 0.5) is 13.2 Å². The third kappa shape index (κ3) is 3.47. The van der Waals surface area contributed by atoms with Gasteiger partial charge in [-0.05, 0) is 38.7 Å². The largest absolute Gasteiger partial charge is 0.391 e. The first-order valence-electron chi connectivity index (χ1n) is 8.22. The molecule has 5 nitrogen and oxygen atoms in total. The number of likely N-dealkylation sites (tertiary alicyclic amines) is 1. The lowest BCUT2D eigenvalue weighted by molar-refractivity contribution is -0.186. The zero-order valence-corrected chi connectivity index (χ0v) is 13.4.